The number of benzene rings is 1. The lowest BCUT2D eigenvalue weighted by atomic mass is 10.2. The van der Waals surface area contributed by atoms with Gasteiger partial charge in [-0.1, -0.05) is 23.2 Å². The molecule has 1 atom stereocenters. The highest BCUT2D eigenvalue weighted by Gasteiger charge is 2.26. The Balaban J connectivity index is 2.39. The highest BCUT2D eigenvalue weighted by Crippen LogP contribution is 2.40. The van der Waals surface area contributed by atoms with E-state index in [9.17, 15) is 5.11 Å². The van der Waals surface area contributed by atoms with Crippen molar-refractivity contribution in [2.45, 2.75) is 18.9 Å². The van der Waals surface area contributed by atoms with Gasteiger partial charge in [0.1, 0.15) is 0 Å². The number of nitrogens with zero attached hydrogens (tertiary/aromatic N) is 1. The van der Waals surface area contributed by atoms with Crippen LogP contribution in [0.4, 0.5) is 5.69 Å². The topological polar surface area (TPSA) is 49.5 Å². The Morgan fingerprint density at radius 1 is 1.44 bits per heavy atom. The number of nitrogens with two attached hydrogens (primary N) is 1. The molecule has 5 heteroatoms. The molecule has 16 heavy (non-hydrogen) atoms. The van der Waals surface area contributed by atoms with Gasteiger partial charge in [0, 0.05) is 24.2 Å². The minimum Gasteiger partial charge on any atom is -0.504 e. The normalized spacial score (nSPS) is 20.4. The van der Waals surface area contributed by atoms with Gasteiger partial charge in [-0.15, -0.1) is 0 Å². The fourth-order valence-corrected chi connectivity index (χ4v) is 2.65. The molecule has 0 saturated carbocycles. The van der Waals surface area contributed by atoms with Crippen molar-refractivity contribution in [1.82, 2.24) is 0 Å². The molecule has 1 heterocycles. The molecule has 88 valence electrons. The average molecular weight is 261 g/mol. The van der Waals surface area contributed by atoms with Gasteiger partial charge in [0.2, 0.25) is 0 Å². The molecule has 1 aliphatic rings. The fourth-order valence-electron chi connectivity index (χ4n) is 2.17. The molecule has 1 aliphatic heterocycles. The van der Waals surface area contributed by atoms with E-state index in [1.165, 1.54) is 6.07 Å². The van der Waals surface area contributed by atoms with E-state index in [1.54, 1.807) is 6.07 Å². The largest absolute Gasteiger partial charge is 0.504 e. The molecule has 2 rings (SSSR count). The summed E-state index contributed by atoms with van der Waals surface area (Å²) in [6, 6.07) is 3.53. The zero-order valence-corrected chi connectivity index (χ0v) is 10.3. The quantitative estimate of drug-likeness (QED) is 0.860. The summed E-state index contributed by atoms with van der Waals surface area (Å²) in [5.74, 6) is 0.0893. The summed E-state index contributed by atoms with van der Waals surface area (Å²) < 4.78 is 0. The van der Waals surface area contributed by atoms with E-state index in [1.807, 2.05) is 0 Å². The molecule has 0 radical (unpaired) electrons. The lowest BCUT2D eigenvalue weighted by molar-refractivity contribution is 0.473. The van der Waals surface area contributed by atoms with Gasteiger partial charge in [-0.25, -0.2) is 0 Å². The third kappa shape index (κ3) is 2.08. The van der Waals surface area contributed by atoms with Gasteiger partial charge in [0.15, 0.2) is 5.75 Å². The monoisotopic (exact) mass is 260 g/mol. The van der Waals surface area contributed by atoms with Gasteiger partial charge in [-0.05, 0) is 25.0 Å². The molecule has 0 aliphatic carbocycles. The third-order valence-electron chi connectivity index (χ3n) is 2.97. The maximum Gasteiger partial charge on any atom is 0.157 e. The Morgan fingerprint density at radius 3 is 2.88 bits per heavy atom. The zero-order chi connectivity index (χ0) is 11.7. The minimum absolute atomic E-state index is 0.0893. The van der Waals surface area contributed by atoms with Crippen molar-refractivity contribution in [1.29, 1.82) is 0 Å². The van der Waals surface area contributed by atoms with E-state index in [-0.39, 0.29) is 16.8 Å². The minimum atomic E-state index is 0.0893. The van der Waals surface area contributed by atoms with Crippen LogP contribution < -0.4 is 10.6 Å². The van der Waals surface area contributed by atoms with Crippen molar-refractivity contribution in [3.05, 3.63) is 22.2 Å². The van der Waals surface area contributed by atoms with Crippen LogP contribution in [0.2, 0.25) is 10.0 Å². The molecule has 0 aromatic heterocycles. The van der Waals surface area contributed by atoms with Crippen LogP contribution in [0.15, 0.2) is 12.1 Å². The van der Waals surface area contributed by atoms with Crippen LogP contribution in [0, 0.1) is 0 Å². The van der Waals surface area contributed by atoms with Crippen molar-refractivity contribution in [2.24, 2.45) is 5.73 Å². The first-order chi connectivity index (χ1) is 7.63. The van der Waals surface area contributed by atoms with Crippen molar-refractivity contribution in [2.75, 3.05) is 18.0 Å². The molecule has 1 fully saturated rings. The van der Waals surface area contributed by atoms with Crippen molar-refractivity contribution in [3.63, 3.8) is 0 Å². The molecule has 3 N–H and O–H groups in total. The Hall–Kier alpha value is -0.640. The lowest BCUT2D eigenvalue weighted by Crippen LogP contribution is -2.35. The number of aromatic hydroxyl groups is 1. The predicted octanol–water partition coefficient (Wildman–Crippen LogP) is 2.63. The van der Waals surface area contributed by atoms with Crippen molar-refractivity contribution < 1.29 is 5.11 Å². The molecule has 0 spiro atoms. The number of anilines is 1. The maximum atomic E-state index is 9.92. The Bertz CT molecular complexity index is 398. The second kappa shape index (κ2) is 4.70. The first-order valence-corrected chi connectivity index (χ1v) is 6.03. The van der Waals surface area contributed by atoms with Gasteiger partial charge >= 0.3 is 0 Å². The van der Waals surface area contributed by atoms with Gasteiger partial charge in [-0.3, -0.25) is 0 Å². The summed E-state index contributed by atoms with van der Waals surface area (Å²) in [6.45, 7) is 1.45. The number of rotatable bonds is 2. The van der Waals surface area contributed by atoms with E-state index in [4.69, 9.17) is 28.9 Å². The molecule has 1 aromatic rings. The molecule has 0 bridgehead atoms. The van der Waals surface area contributed by atoms with Gasteiger partial charge in [0.25, 0.3) is 0 Å². The van der Waals surface area contributed by atoms with Gasteiger partial charge in [0.05, 0.1) is 10.7 Å². The smallest absolute Gasteiger partial charge is 0.157 e. The highest BCUT2D eigenvalue weighted by atomic mass is 35.5. The Labute approximate surface area is 105 Å². The van der Waals surface area contributed by atoms with Crippen molar-refractivity contribution in [3.8, 4) is 5.75 Å². The summed E-state index contributed by atoms with van der Waals surface area (Å²) in [5.41, 5.74) is 6.38. The summed E-state index contributed by atoms with van der Waals surface area (Å²) >= 11 is 11.8. The van der Waals surface area contributed by atoms with Crippen LogP contribution >= 0.6 is 23.2 Å². The fraction of sp³-hybridized carbons (Fsp3) is 0.455. The molecule has 0 amide bonds. The van der Waals surface area contributed by atoms with E-state index in [0.717, 1.165) is 19.4 Å². The molecule has 0 unspecified atom stereocenters. The second-order valence-corrected chi connectivity index (χ2v) is 4.82. The number of hydrogen-bond donors (Lipinski definition) is 2. The predicted molar refractivity (Wildman–Crippen MR) is 67.5 cm³/mol. The highest BCUT2D eigenvalue weighted by molar-refractivity contribution is 6.36. The van der Waals surface area contributed by atoms with Gasteiger partial charge < -0.3 is 15.7 Å². The number of halogens is 2. The van der Waals surface area contributed by atoms with Crippen LogP contribution in [0.25, 0.3) is 0 Å². The molecule has 1 saturated heterocycles. The van der Waals surface area contributed by atoms with E-state index in [2.05, 4.69) is 4.90 Å². The zero-order valence-electron chi connectivity index (χ0n) is 8.79. The molecular weight excluding hydrogens is 247 g/mol. The molecule has 1 aromatic carbocycles. The van der Waals surface area contributed by atoms with Crippen LogP contribution in [0.1, 0.15) is 12.8 Å². The van der Waals surface area contributed by atoms with E-state index in [0.29, 0.717) is 17.3 Å². The molecular formula is C11H14Cl2N2O. The SMILES string of the molecule is NC[C@@H]1CCCN1c1cc(Cl)cc(Cl)c1O. The number of phenolic OH excluding ortho intramolecular Hbond substituents is 1. The summed E-state index contributed by atoms with van der Waals surface area (Å²) in [6.07, 6.45) is 2.12. The number of phenols is 1. The van der Waals surface area contributed by atoms with E-state index < -0.39 is 0 Å². The standard InChI is InChI=1S/C11H14Cl2N2O/c12-7-4-9(13)11(16)10(5-7)15-3-1-2-8(15)6-14/h4-5,8,16H,1-3,6,14H2/t8-/m0/s1. The van der Waals surface area contributed by atoms with Crippen LogP contribution in [0.3, 0.4) is 0 Å². The van der Waals surface area contributed by atoms with Crippen LogP contribution in [-0.4, -0.2) is 24.2 Å². The molecule has 3 nitrogen and oxygen atoms in total. The van der Waals surface area contributed by atoms with Crippen molar-refractivity contribution >= 4 is 28.9 Å². The van der Waals surface area contributed by atoms with Crippen LogP contribution in [-0.2, 0) is 0 Å². The summed E-state index contributed by atoms with van der Waals surface area (Å²) in [5, 5.41) is 10.7. The number of hydrogen-bond acceptors (Lipinski definition) is 3. The van der Waals surface area contributed by atoms with Crippen LogP contribution in [0.5, 0.6) is 5.75 Å². The average Bonchev–Trinajstić information content (AvgIpc) is 2.71. The van der Waals surface area contributed by atoms with E-state index >= 15 is 0 Å². The maximum absolute atomic E-state index is 9.92. The first-order valence-electron chi connectivity index (χ1n) is 5.28. The summed E-state index contributed by atoms with van der Waals surface area (Å²) in [7, 11) is 0. The second-order valence-electron chi connectivity index (χ2n) is 3.98. The summed E-state index contributed by atoms with van der Waals surface area (Å²) in [4.78, 5) is 2.08. The van der Waals surface area contributed by atoms with Gasteiger partial charge in [-0.2, -0.15) is 0 Å². The Kier molecular flexibility index (Phi) is 3.47. The lowest BCUT2D eigenvalue weighted by Gasteiger charge is -2.26. The Morgan fingerprint density at radius 2 is 2.19 bits per heavy atom. The first kappa shape index (κ1) is 11.8. The third-order valence-corrected chi connectivity index (χ3v) is 3.47.